The van der Waals surface area contributed by atoms with Gasteiger partial charge in [0.2, 0.25) is 0 Å². The smallest absolute Gasteiger partial charge is 0.350 e. The fraction of sp³-hybridized carbons (Fsp3) is 0.214. The molecule has 2 aromatic rings. The number of rotatable bonds is 4. The molecule has 0 radical (unpaired) electrons. The highest BCUT2D eigenvalue weighted by atomic mass is 32.2. The van der Waals surface area contributed by atoms with Crippen molar-refractivity contribution in [1.82, 2.24) is 4.98 Å². The van der Waals surface area contributed by atoms with Gasteiger partial charge in [0.1, 0.15) is 4.88 Å². The Hall–Kier alpha value is -2.26. The Bertz CT molecular complexity index is 871. The molecule has 0 saturated heterocycles. The Balaban J connectivity index is 2.25. The van der Waals surface area contributed by atoms with E-state index in [1.807, 2.05) is 0 Å². The fourth-order valence-electron chi connectivity index (χ4n) is 1.77. The monoisotopic (exact) mass is 354 g/mol. The summed E-state index contributed by atoms with van der Waals surface area (Å²) in [4.78, 5) is 28.2. The van der Waals surface area contributed by atoms with Crippen LogP contribution in [0, 0.1) is 6.92 Å². The van der Waals surface area contributed by atoms with Crippen molar-refractivity contribution in [3.63, 3.8) is 0 Å². The van der Waals surface area contributed by atoms with Gasteiger partial charge in [-0.1, -0.05) is 17.4 Å². The summed E-state index contributed by atoms with van der Waals surface area (Å²) in [5.41, 5.74) is 0.627. The number of carbonyl (C=O) groups is 2. The molecule has 1 N–H and O–H groups in total. The summed E-state index contributed by atoms with van der Waals surface area (Å²) in [5, 5.41) is 2.78. The number of hydrogen-bond acceptors (Lipinski definition) is 7. The number of sulfone groups is 1. The summed E-state index contributed by atoms with van der Waals surface area (Å²) in [7, 11) is -2.14. The maximum Gasteiger partial charge on any atom is 0.350 e. The third-order valence-electron chi connectivity index (χ3n) is 2.91. The predicted octanol–water partition coefficient (Wildman–Crippen LogP) is 1.89. The van der Waals surface area contributed by atoms with E-state index in [1.165, 1.54) is 31.4 Å². The molecule has 0 saturated carbocycles. The topological polar surface area (TPSA) is 102 Å². The average Bonchev–Trinajstić information content (AvgIpc) is 2.86. The largest absolute Gasteiger partial charge is 0.465 e. The molecular formula is C14H14N2O5S2. The maximum absolute atomic E-state index is 12.2. The molecule has 1 aromatic carbocycles. The number of aryl methyl sites for hydroxylation is 1. The molecule has 0 aliphatic heterocycles. The van der Waals surface area contributed by atoms with Gasteiger partial charge in [-0.25, -0.2) is 18.2 Å². The van der Waals surface area contributed by atoms with Crippen molar-refractivity contribution < 1.29 is 22.7 Å². The molecule has 1 aromatic heterocycles. The molecule has 0 atom stereocenters. The van der Waals surface area contributed by atoms with Crippen LogP contribution in [0.25, 0.3) is 0 Å². The maximum atomic E-state index is 12.2. The number of thiazole rings is 1. The third kappa shape index (κ3) is 3.93. The second-order valence-corrected chi connectivity index (χ2v) is 7.69. The highest BCUT2D eigenvalue weighted by Crippen LogP contribution is 2.24. The van der Waals surface area contributed by atoms with Crippen LogP contribution in [0.5, 0.6) is 0 Å². The first-order chi connectivity index (χ1) is 10.7. The summed E-state index contributed by atoms with van der Waals surface area (Å²) < 4.78 is 27.7. The van der Waals surface area contributed by atoms with Gasteiger partial charge in [-0.3, -0.25) is 10.1 Å². The van der Waals surface area contributed by atoms with Gasteiger partial charge in [0.25, 0.3) is 5.91 Å². The lowest BCUT2D eigenvalue weighted by molar-refractivity contribution is 0.0605. The molecule has 23 heavy (non-hydrogen) atoms. The number of nitrogens with one attached hydrogen (secondary N) is 1. The van der Waals surface area contributed by atoms with E-state index in [0.29, 0.717) is 10.6 Å². The van der Waals surface area contributed by atoms with Crippen LogP contribution in [0.3, 0.4) is 0 Å². The van der Waals surface area contributed by atoms with E-state index in [4.69, 9.17) is 0 Å². The van der Waals surface area contributed by atoms with Crippen molar-refractivity contribution in [3.8, 4) is 0 Å². The van der Waals surface area contributed by atoms with E-state index in [0.717, 1.165) is 17.6 Å². The summed E-state index contributed by atoms with van der Waals surface area (Å²) in [6.07, 6.45) is 1.07. The minimum absolute atomic E-state index is 0.0516. The van der Waals surface area contributed by atoms with Crippen molar-refractivity contribution in [3.05, 3.63) is 40.4 Å². The van der Waals surface area contributed by atoms with Gasteiger partial charge in [-0.2, -0.15) is 0 Å². The lowest BCUT2D eigenvalue weighted by Gasteiger charge is -2.03. The van der Waals surface area contributed by atoms with Gasteiger partial charge >= 0.3 is 5.97 Å². The molecule has 7 nitrogen and oxygen atoms in total. The Morgan fingerprint density at radius 1 is 1.30 bits per heavy atom. The van der Waals surface area contributed by atoms with Crippen molar-refractivity contribution in [2.75, 3.05) is 18.7 Å². The molecule has 9 heteroatoms. The molecular weight excluding hydrogens is 340 g/mol. The standard InChI is InChI=1S/C14H14N2O5S2/c1-8-11(13(18)21-2)22-14(15-8)16-12(17)9-5-4-6-10(7-9)23(3,19)20/h4-7H,1-3H3,(H,15,16,17). The highest BCUT2D eigenvalue weighted by Gasteiger charge is 2.18. The SMILES string of the molecule is COC(=O)c1sc(NC(=O)c2cccc(S(C)(=O)=O)c2)nc1C. The summed E-state index contributed by atoms with van der Waals surface area (Å²) in [5.74, 6) is -1.04. The van der Waals surface area contributed by atoms with Crippen molar-refractivity contribution >= 4 is 38.2 Å². The number of nitrogens with zero attached hydrogens (tertiary/aromatic N) is 1. The van der Waals surface area contributed by atoms with Gasteiger partial charge in [0.05, 0.1) is 17.7 Å². The summed E-state index contributed by atoms with van der Waals surface area (Å²) in [6, 6.07) is 5.67. The van der Waals surface area contributed by atoms with Crippen LogP contribution in [-0.2, 0) is 14.6 Å². The Labute approximate surface area is 137 Å². The number of methoxy groups -OCH3 is 1. The van der Waals surface area contributed by atoms with Crippen LogP contribution < -0.4 is 5.32 Å². The van der Waals surface area contributed by atoms with Crippen LogP contribution in [0.1, 0.15) is 25.7 Å². The molecule has 0 unspecified atom stereocenters. The zero-order valence-corrected chi connectivity index (χ0v) is 14.2. The number of esters is 1. The number of hydrogen-bond donors (Lipinski definition) is 1. The Morgan fingerprint density at radius 2 is 2.00 bits per heavy atom. The van der Waals surface area contributed by atoms with E-state index in [1.54, 1.807) is 6.92 Å². The Kier molecular flexibility index (Phi) is 4.81. The molecule has 122 valence electrons. The lowest BCUT2D eigenvalue weighted by atomic mass is 10.2. The number of anilines is 1. The van der Waals surface area contributed by atoms with E-state index in [-0.39, 0.29) is 15.6 Å². The molecule has 0 spiro atoms. The van der Waals surface area contributed by atoms with Gasteiger partial charge in [0, 0.05) is 11.8 Å². The molecule has 1 amide bonds. The zero-order valence-electron chi connectivity index (χ0n) is 12.6. The van der Waals surface area contributed by atoms with Crippen LogP contribution in [0.2, 0.25) is 0 Å². The van der Waals surface area contributed by atoms with E-state index < -0.39 is 21.7 Å². The van der Waals surface area contributed by atoms with Crippen LogP contribution in [0.4, 0.5) is 5.13 Å². The molecule has 2 rings (SSSR count). The van der Waals surface area contributed by atoms with E-state index in [9.17, 15) is 18.0 Å². The summed E-state index contributed by atoms with van der Waals surface area (Å²) in [6.45, 7) is 1.63. The number of amides is 1. The van der Waals surface area contributed by atoms with E-state index >= 15 is 0 Å². The first-order valence-electron chi connectivity index (χ1n) is 6.39. The van der Waals surface area contributed by atoms with Crippen molar-refractivity contribution in [2.45, 2.75) is 11.8 Å². The minimum Gasteiger partial charge on any atom is -0.465 e. The summed E-state index contributed by atoms with van der Waals surface area (Å²) >= 11 is 0.989. The molecule has 0 fully saturated rings. The number of benzene rings is 1. The first-order valence-corrected chi connectivity index (χ1v) is 9.10. The van der Waals surface area contributed by atoms with Gasteiger partial charge in [0.15, 0.2) is 15.0 Å². The number of ether oxygens (including phenoxy) is 1. The lowest BCUT2D eigenvalue weighted by Crippen LogP contribution is -2.12. The molecule has 0 aliphatic rings. The van der Waals surface area contributed by atoms with Crippen LogP contribution in [-0.4, -0.2) is 38.6 Å². The highest BCUT2D eigenvalue weighted by molar-refractivity contribution is 7.90. The number of aromatic nitrogens is 1. The molecule has 0 aliphatic carbocycles. The predicted molar refractivity (Wildman–Crippen MR) is 85.7 cm³/mol. The quantitative estimate of drug-likeness (QED) is 0.841. The van der Waals surface area contributed by atoms with Gasteiger partial charge in [-0.15, -0.1) is 0 Å². The number of carbonyl (C=O) groups excluding carboxylic acids is 2. The van der Waals surface area contributed by atoms with Gasteiger partial charge in [-0.05, 0) is 25.1 Å². The third-order valence-corrected chi connectivity index (χ3v) is 5.08. The fourth-order valence-corrected chi connectivity index (χ4v) is 3.32. The second kappa shape index (κ2) is 6.47. The molecule has 1 heterocycles. The molecule has 0 bridgehead atoms. The minimum atomic E-state index is -3.40. The van der Waals surface area contributed by atoms with Crippen LogP contribution in [0.15, 0.2) is 29.2 Å². The van der Waals surface area contributed by atoms with Crippen molar-refractivity contribution in [2.24, 2.45) is 0 Å². The van der Waals surface area contributed by atoms with Crippen LogP contribution >= 0.6 is 11.3 Å². The van der Waals surface area contributed by atoms with Crippen molar-refractivity contribution in [1.29, 1.82) is 0 Å². The van der Waals surface area contributed by atoms with Gasteiger partial charge < -0.3 is 4.74 Å². The zero-order chi connectivity index (χ0) is 17.2. The first kappa shape index (κ1) is 17.1. The van der Waals surface area contributed by atoms with E-state index in [2.05, 4.69) is 15.0 Å². The average molecular weight is 354 g/mol. The normalized spacial score (nSPS) is 11.1. The second-order valence-electron chi connectivity index (χ2n) is 4.68. The Morgan fingerprint density at radius 3 is 2.61 bits per heavy atom.